The molecular weight excluding hydrogens is 389 g/mol. The Bertz CT molecular complexity index is 1260. The summed E-state index contributed by atoms with van der Waals surface area (Å²) in [6.07, 6.45) is 2.79. The van der Waals surface area contributed by atoms with Gasteiger partial charge in [-0.05, 0) is 54.7 Å². The van der Waals surface area contributed by atoms with Gasteiger partial charge in [-0.25, -0.2) is 13.9 Å². The molecule has 29 heavy (non-hydrogen) atoms. The molecule has 6 heteroatoms. The number of aromatic nitrogens is 3. The SMILES string of the molecule is Cc1nn2cc3c(nc2c1-c1cccc(Cl)c1)CC(c1ccc(F)cc1)CC3=O. The molecule has 2 heterocycles. The number of carbonyl (C=O) groups is 1. The van der Waals surface area contributed by atoms with Crippen LogP contribution in [0.4, 0.5) is 4.39 Å². The van der Waals surface area contributed by atoms with E-state index in [1.165, 1.54) is 12.1 Å². The molecule has 0 N–H and O–H groups in total. The predicted molar refractivity (Wildman–Crippen MR) is 110 cm³/mol. The summed E-state index contributed by atoms with van der Waals surface area (Å²) in [4.78, 5) is 17.7. The normalized spacial score (nSPS) is 16.2. The number of aryl methyl sites for hydroxylation is 1. The van der Waals surface area contributed by atoms with Gasteiger partial charge in [0.2, 0.25) is 0 Å². The first-order valence-electron chi connectivity index (χ1n) is 9.43. The Morgan fingerprint density at radius 1 is 1.14 bits per heavy atom. The molecule has 4 aromatic rings. The lowest BCUT2D eigenvalue weighted by molar-refractivity contribution is 0.0962. The summed E-state index contributed by atoms with van der Waals surface area (Å²) < 4.78 is 15.0. The second-order valence-electron chi connectivity index (χ2n) is 7.42. The van der Waals surface area contributed by atoms with Crippen LogP contribution < -0.4 is 0 Å². The van der Waals surface area contributed by atoms with Gasteiger partial charge in [0.25, 0.3) is 0 Å². The standard InChI is InChI=1S/C23H17ClFN3O/c1-13-22(15-3-2-4-17(24)9-15)23-26-20-10-16(14-5-7-18(25)8-6-14)11-21(29)19(20)12-28(23)27-13/h2-9,12,16H,10-11H2,1H3. The molecular formula is C23H17ClFN3O. The number of Topliss-reactive ketones (excluding diaryl/α,β-unsaturated/α-hetero) is 1. The molecule has 4 nitrogen and oxygen atoms in total. The minimum Gasteiger partial charge on any atom is -0.294 e. The Labute approximate surface area is 172 Å². The summed E-state index contributed by atoms with van der Waals surface area (Å²) in [5.41, 5.74) is 5.69. The maximum atomic E-state index is 13.3. The minimum absolute atomic E-state index is 0.0100. The van der Waals surface area contributed by atoms with Crippen LogP contribution in [0.5, 0.6) is 0 Å². The summed E-state index contributed by atoms with van der Waals surface area (Å²) in [6, 6.07) is 13.9. The van der Waals surface area contributed by atoms with Gasteiger partial charge in [0.1, 0.15) is 5.82 Å². The highest BCUT2D eigenvalue weighted by Crippen LogP contribution is 2.34. The van der Waals surface area contributed by atoms with Crippen molar-refractivity contribution in [3.63, 3.8) is 0 Å². The fraction of sp³-hybridized carbons (Fsp3) is 0.174. The third-order valence-electron chi connectivity index (χ3n) is 5.49. The molecule has 1 aliphatic carbocycles. The molecule has 0 saturated carbocycles. The zero-order valence-electron chi connectivity index (χ0n) is 15.7. The van der Waals surface area contributed by atoms with Crippen LogP contribution in [0.1, 0.15) is 39.6 Å². The lowest BCUT2D eigenvalue weighted by Crippen LogP contribution is -2.21. The van der Waals surface area contributed by atoms with E-state index in [0.29, 0.717) is 29.1 Å². The average Bonchev–Trinajstić information content (AvgIpc) is 3.02. The van der Waals surface area contributed by atoms with Crippen LogP contribution in [0.2, 0.25) is 5.02 Å². The molecule has 1 aliphatic rings. The summed E-state index contributed by atoms with van der Waals surface area (Å²) in [7, 11) is 0. The molecule has 2 aromatic carbocycles. The lowest BCUT2D eigenvalue weighted by atomic mass is 9.82. The van der Waals surface area contributed by atoms with Gasteiger partial charge in [-0.15, -0.1) is 0 Å². The van der Waals surface area contributed by atoms with E-state index >= 15 is 0 Å². The number of hydrogen-bond donors (Lipinski definition) is 0. The van der Waals surface area contributed by atoms with Gasteiger partial charge in [-0.2, -0.15) is 5.10 Å². The van der Waals surface area contributed by atoms with E-state index in [1.807, 2.05) is 31.2 Å². The van der Waals surface area contributed by atoms with Crippen molar-refractivity contribution in [2.75, 3.05) is 0 Å². The zero-order valence-corrected chi connectivity index (χ0v) is 16.4. The maximum absolute atomic E-state index is 13.3. The Balaban J connectivity index is 1.63. The highest BCUT2D eigenvalue weighted by molar-refractivity contribution is 6.30. The van der Waals surface area contributed by atoms with Crippen LogP contribution in [-0.4, -0.2) is 20.4 Å². The lowest BCUT2D eigenvalue weighted by Gasteiger charge is -2.23. The largest absolute Gasteiger partial charge is 0.294 e. The fourth-order valence-electron chi connectivity index (χ4n) is 4.10. The van der Waals surface area contributed by atoms with Gasteiger partial charge < -0.3 is 0 Å². The van der Waals surface area contributed by atoms with Gasteiger partial charge in [0, 0.05) is 23.2 Å². The highest BCUT2D eigenvalue weighted by Gasteiger charge is 2.29. The van der Waals surface area contributed by atoms with Crippen LogP contribution in [0.15, 0.2) is 54.7 Å². The quantitative estimate of drug-likeness (QED) is 0.448. The second kappa shape index (κ2) is 6.78. The van der Waals surface area contributed by atoms with Gasteiger partial charge in [-0.1, -0.05) is 35.9 Å². The van der Waals surface area contributed by atoms with Crippen LogP contribution in [0.25, 0.3) is 16.8 Å². The van der Waals surface area contributed by atoms with Gasteiger partial charge >= 0.3 is 0 Å². The molecule has 144 valence electrons. The third-order valence-corrected chi connectivity index (χ3v) is 5.73. The number of halogens is 2. The molecule has 0 amide bonds. The van der Waals surface area contributed by atoms with Crippen molar-refractivity contribution in [1.82, 2.24) is 14.6 Å². The van der Waals surface area contributed by atoms with E-state index in [1.54, 1.807) is 22.8 Å². The first-order valence-corrected chi connectivity index (χ1v) is 9.81. The van der Waals surface area contributed by atoms with Crippen LogP contribution in [0, 0.1) is 12.7 Å². The highest BCUT2D eigenvalue weighted by atomic mass is 35.5. The van der Waals surface area contributed by atoms with Gasteiger partial charge in [0.05, 0.1) is 17.0 Å². The van der Waals surface area contributed by atoms with E-state index in [9.17, 15) is 9.18 Å². The van der Waals surface area contributed by atoms with E-state index in [-0.39, 0.29) is 17.5 Å². The van der Waals surface area contributed by atoms with Gasteiger partial charge in [-0.3, -0.25) is 4.79 Å². The molecule has 0 saturated heterocycles. The summed E-state index contributed by atoms with van der Waals surface area (Å²) >= 11 is 6.18. The van der Waals surface area contributed by atoms with Crippen molar-refractivity contribution < 1.29 is 9.18 Å². The van der Waals surface area contributed by atoms with Crippen LogP contribution in [-0.2, 0) is 6.42 Å². The smallest absolute Gasteiger partial charge is 0.166 e. The Morgan fingerprint density at radius 3 is 2.69 bits per heavy atom. The number of benzene rings is 2. The molecule has 0 spiro atoms. The molecule has 0 aliphatic heterocycles. The topological polar surface area (TPSA) is 47.3 Å². The maximum Gasteiger partial charge on any atom is 0.166 e. The van der Waals surface area contributed by atoms with Crippen molar-refractivity contribution in [3.05, 3.63) is 88.1 Å². The molecule has 5 rings (SSSR count). The van der Waals surface area contributed by atoms with Crippen molar-refractivity contribution >= 4 is 23.0 Å². The summed E-state index contributed by atoms with van der Waals surface area (Å²) in [5.74, 6) is -0.256. The Hall–Kier alpha value is -3.05. The first-order chi connectivity index (χ1) is 14.0. The number of nitrogens with zero attached hydrogens (tertiary/aromatic N) is 3. The van der Waals surface area contributed by atoms with Crippen molar-refractivity contribution in [2.24, 2.45) is 0 Å². The number of rotatable bonds is 2. The summed E-state index contributed by atoms with van der Waals surface area (Å²) in [6.45, 7) is 1.92. The average molecular weight is 406 g/mol. The second-order valence-corrected chi connectivity index (χ2v) is 7.86. The van der Waals surface area contributed by atoms with Crippen molar-refractivity contribution in [3.8, 4) is 11.1 Å². The van der Waals surface area contributed by atoms with E-state index in [4.69, 9.17) is 16.6 Å². The molecule has 0 radical (unpaired) electrons. The molecule has 0 bridgehead atoms. The minimum atomic E-state index is -0.281. The van der Waals surface area contributed by atoms with Gasteiger partial charge in [0.15, 0.2) is 11.4 Å². The molecule has 0 fully saturated rings. The zero-order chi connectivity index (χ0) is 20.1. The monoisotopic (exact) mass is 405 g/mol. The molecule has 1 atom stereocenters. The van der Waals surface area contributed by atoms with Crippen LogP contribution in [0.3, 0.4) is 0 Å². The number of hydrogen-bond acceptors (Lipinski definition) is 3. The Morgan fingerprint density at radius 2 is 1.93 bits per heavy atom. The molecule has 2 aromatic heterocycles. The number of carbonyl (C=O) groups excluding carboxylic acids is 1. The van der Waals surface area contributed by atoms with Crippen LogP contribution >= 0.6 is 11.6 Å². The number of ketones is 1. The van der Waals surface area contributed by atoms with Crippen molar-refractivity contribution in [1.29, 1.82) is 0 Å². The third kappa shape index (κ3) is 3.12. The predicted octanol–water partition coefficient (Wildman–Crippen LogP) is 5.41. The summed E-state index contributed by atoms with van der Waals surface area (Å²) in [5, 5.41) is 5.21. The van der Waals surface area contributed by atoms with E-state index < -0.39 is 0 Å². The Kier molecular flexibility index (Phi) is 4.21. The van der Waals surface area contributed by atoms with Crippen molar-refractivity contribution in [2.45, 2.75) is 25.7 Å². The van der Waals surface area contributed by atoms with E-state index in [2.05, 4.69) is 5.10 Å². The molecule has 1 unspecified atom stereocenters. The fourth-order valence-corrected chi connectivity index (χ4v) is 4.29. The van der Waals surface area contributed by atoms with E-state index in [0.717, 1.165) is 28.1 Å². The number of fused-ring (bicyclic) bond motifs is 2. The first kappa shape index (κ1) is 18.0.